The van der Waals surface area contributed by atoms with Crippen LogP contribution in [0.3, 0.4) is 0 Å². The molecule has 0 radical (unpaired) electrons. The number of rotatable bonds is 1. The van der Waals surface area contributed by atoms with Crippen LogP contribution in [0.4, 0.5) is 5.95 Å². The van der Waals surface area contributed by atoms with Crippen molar-refractivity contribution in [2.75, 3.05) is 11.3 Å². The quantitative estimate of drug-likeness (QED) is 0.547. The molecule has 1 spiro atoms. The summed E-state index contributed by atoms with van der Waals surface area (Å²) in [5.74, 6) is -0.160. The first kappa shape index (κ1) is 22.3. The Morgan fingerprint density at radius 2 is 1.68 bits per heavy atom. The van der Waals surface area contributed by atoms with Crippen LogP contribution in [-0.2, 0) is 10.0 Å². The van der Waals surface area contributed by atoms with Gasteiger partial charge in [0.25, 0.3) is 15.9 Å². The molecule has 2 N–H and O–H groups in total. The standard InChI is InChI=1S/C25H26N4O4S/c1-16-7-5-8-17(2)22(16)20-14-21-27-24(26-20)29-34(31,32)19-10-6-9-18(13-19)23(30)28-25(15-33-21)11-3-4-12-25/h5-10,13-14H,3-4,11-12,15H2,1-2H3,(H,28,30)(H,26,27,29). The molecule has 1 amide bonds. The number of ether oxygens (including phenoxy) is 1. The molecule has 1 aliphatic carbocycles. The zero-order chi connectivity index (χ0) is 23.9. The number of hydrogen-bond acceptors (Lipinski definition) is 6. The van der Waals surface area contributed by atoms with Crippen molar-refractivity contribution in [3.8, 4) is 17.1 Å². The highest BCUT2D eigenvalue weighted by molar-refractivity contribution is 7.92. The molecule has 1 aromatic heterocycles. The highest BCUT2D eigenvalue weighted by Crippen LogP contribution is 2.33. The molecule has 1 aliphatic heterocycles. The lowest BCUT2D eigenvalue weighted by molar-refractivity contribution is 0.0852. The smallest absolute Gasteiger partial charge is 0.264 e. The molecule has 0 atom stereocenters. The molecule has 3 aromatic rings. The van der Waals surface area contributed by atoms with Crippen molar-refractivity contribution in [2.24, 2.45) is 0 Å². The maximum atomic E-state index is 13.1. The number of aryl methyl sites for hydroxylation is 2. The molecule has 2 heterocycles. The molecule has 2 aliphatic rings. The van der Waals surface area contributed by atoms with Crippen molar-refractivity contribution in [3.05, 3.63) is 65.2 Å². The summed E-state index contributed by atoms with van der Waals surface area (Å²) in [6.45, 7) is 4.19. The van der Waals surface area contributed by atoms with E-state index < -0.39 is 15.6 Å². The summed E-state index contributed by atoms with van der Waals surface area (Å²) in [6, 6.07) is 13.6. The maximum absolute atomic E-state index is 13.1. The van der Waals surface area contributed by atoms with Gasteiger partial charge in [-0.05, 0) is 56.0 Å². The van der Waals surface area contributed by atoms with E-state index >= 15 is 0 Å². The van der Waals surface area contributed by atoms with Gasteiger partial charge in [0.2, 0.25) is 11.8 Å². The third kappa shape index (κ3) is 4.23. The lowest BCUT2D eigenvalue weighted by atomic mass is 9.98. The highest BCUT2D eigenvalue weighted by Gasteiger charge is 2.37. The summed E-state index contributed by atoms with van der Waals surface area (Å²) >= 11 is 0. The summed E-state index contributed by atoms with van der Waals surface area (Å²) < 4.78 is 34.9. The van der Waals surface area contributed by atoms with E-state index in [4.69, 9.17) is 4.74 Å². The Morgan fingerprint density at radius 1 is 0.971 bits per heavy atom. The second-order valence-electron chi connectivity index (χ2n) is 9.05. The Hall–Kier alpha value is -3.46. The second-order valence-corrected chi connectivity index (χ2v) is 10.7. The zero-order valence-corrected chi connectivity index (χ0v) is 19.9. The predicted octanol–water partition coefficient (Wildman–Crippen LogP) is 4.00. The fourth-order valence-electron chi connectivity index (χ4n) is 4.76. The van der Waals surface area contributed by atoms with Gasteiger partial charge in [-0.2, -0.15) is 4.98 Å². The van der Waals surface area contributed by atoms with Gasteiger partial charge in [-0.25, -0.2) is 18.1 Å². The molecular weight excluding hydrogens is 452 g/mol. The number of carbonyl (C=O) groups excluding carboxylic acids is 1. The van der Waals surface area contributed by atoms with Crippen LogP contribution in [0.25, 0.3) is 11.3 Å². The van der Waals surface area contributed by atoms with Crippen LogP contribution in [0.15, 0.2) is 53.4 Å². The fraction of sp³-hybridized carbons (Fsp3) is 0.320. The molecule has 0 unspecified atom stereocenters. The van der Waals surface area contributed by atoms with E-state index in [0.717, 1.165) is 42.4 Å². The molecule has 1 fully saturated rings. The average molecular weight is 479 g/mol. The van der Waals surface area contributed by atoms with Crippen molar-refractivity contribution < 1.29 is 17.9 Å². The van der Waals surface area contributed by atoms with Crippen molar-refractivity contribution in [1.29, 1.82) is 0 Å². The number of anilines is 1. The first-order valence-corrected chi connectivity index (χ1v) is 12.8. The normalized spacial score (nSPS) is 18.6. The van der Waals surface area contributed by atoms with E-state index in [9.17, 15) is 13.2 Å². The van der Waals surface area contributed by atoms with E-state index in [2.05, 4.69) is 20.0 Å². The van der Waals surface area contributed by atoms with Crippen LogP contribution in [0, 0.1) is 13.8 Å². The molecule has 4 bridgehead atoms. The monoisotopic (exact) mass is 478 g/mol. The average Bonchev–Trinajstić information content (AvgIpc) is 3.25. The van der Waals surface area contributed by atoms with Gasteiger partial charge >= 0.3 is 0 Å². The topological polar surface area (TPSA) is 110 Å². The molecule has 5 rings (SSSR count). The highest BCUT2D eigenvalue weighted by atomic mass is 32.2. The number of benzene rings is 2. The minimum atomic E-state index is -4.04. The number of carbonyl (C=O) groups is 1. The number of nitrogens with one attached hydrogen (secondary N) is 2. The predicted molar refractivity (Wildman–Crippen MR) is 128 cm³/mol. The maximum Gasteiger partial charge on any atom is 0.264 e. The van der Waals surface area contributed by atoms with Crippen LogP contribution < -0.4 is 14.8 Å². The van der Waals surface area contributed by atoms with E-state index in [1.54, 1.807) is 18.2 Å². The lowest BCUT2D eigenvalue weighted by Crippen LogP contribution is -2.50. The van der Waals surface area contributed by atoms with Crippen LogP contribution in [0.1, 0.15) is 47.2 Å². The van der Waals surface area contributed by atoms with E-state index in [1.165, 1.54) is 12.1 Å². The first-order valence-electron chi connectivity index (χ1n) is 11.3. The molecule has 1 saturated carbocycles. The van der Waals surface area contributed by atoms with Crippen LogP contribution >= 0.6 is 0 Å². The summed E-state index contributed by atoms with van der Waals surface area (Å²) in [5.41, 5.74) is 3.19. The number of sulfonamides is 1. The number of aromatic nitrogens is 2. The largest absolute Gasteiger partial charge is 0.475 e. The minimum absolute atomic E-state index is 0.0385. The number of fused-ring (bicyclic) bond motifs is 4. The van der Waals surface area contributed by atoms with Crippen molar-refractivity contribution >= 4 is 21.9 Å². The van der Waals surface area contributed by atoms with Gasteiger partial charge in [0.1, 0.15) is 6.61 Å². The molecule has 176 valence electrons. The Balaban J connectivity index is 1.67. The number of hydrogen-bond donors (Lipinski definition) is 2. The number of nitrogens with zero attached hydrogens (tertiary/aromatic N) is 2. The van der Waals surface area contributed by atoms with Gasteiger partial charge in [-0.15, -0.1) is 0 Å². The Morgan fingerprint density at radius 3 is 2.41 bits per heavy atom. The SMILES string of the molecule is Cc1cccc(C)c1-c1cc2nc(n1)NS(=O)(=O)c1cccc(c1)C(=O)NC1(CCCC1)CO2. The van der Waals surface area contributed by atoms with Gasteiger partial charge in [-0.1, -0.05) is 37.1 Å². The Bertz CT molecular complexity index is 1360. The van der Waals surface area contributed by atoms with E-state index in [1.807, 2.05) is 32.0 Å². The Kier molecular flexibility index (Phi) is 5.51. The molecule has 9 heteroatoms. The third-order valence-electron chi connectivity index (χ3n) is 6.51. The van der Waals surface area contributed by atoms with Gasteiger partial charge in [0.15, 0.2) is 0 Å². The fourth-order valence-corrected chi connectivity index (χ4v) is 5.75. The number of amides is 1. The third-order valence-corrected chi connectivity index (χ3v) is 7.83. The minimum Gasteiger partial charge on any atom is -0.475 e. The molecule has 0 saturated heterocycles. The molecular formula is C25H26N4O4S. The molecule has 34 heavy (non-hydrogen) atoms. The van der Waals surface area contributed by atoms with Crippen LogP contribution in [0.5, 0.6) is 5.88 Å². The van der Waals surface area contributed by atoms with E-state index in [0.29, 0.717) is 5.69 Å². The zero-order valence-electron chi connectivity index (χ0n) is 19.1. The summed E-state index contributed by atoms with van der Waals surface area (Å²) in [6.07, 6.45) is 3.50. The van der Waals surface area contributed by atoms with Crippen molar-refractivity contribution in [2.45, 2.75) is 50.0 Å². The Labute approximate surface area is 198 Å². The van der Waals surface area contributed by atoms with E-state index in [-0.39, 0.29) is 34.8 Å². The lowest BCUT2D eigenvalue weighted by Gasteiger charge is -2.30. The molecule has 2 aromatic carbocycles. The summed E-state index contributed by atoms with van der Waals surface area (Å²) in [5, 5.41) is 3.12. The first-order chi connectivity index (χ1) is 16.2. The van der Waals surface area contributed by atoms with Crippen molar-refractivity contribution in [3.63, 3.8) is 0 Å². The van der Waals surface area contributed by atoms with Crippen LogP contribution in [-0.4, -0.2) is 36.4 Å². The van der Waals surface area contributed by atoms with Crippen LogP contribution in [0.2, 0.25) is 0 Å². The second kappa shape index (κ2) is 8.39. The van der Waals surface area contributed by atoms with Crippen molar-refractivity contribution in [1.82, 2.24) is 15.3 Å². The van der Waals surface area contributed by atoms with Gasteiger partial charge in [0, 0.05) is 17.2 Å². The summed E-state index contributed by atoms with van der Waals surface area (Å²) in [7, 11) is -4.04. The summed E-state index contributed by atoms with van der Waals surface area (Å²) in [4.78, 5) is 21.9. The molecule has 8 nitrogen and oxygen atoms in total. The van der Waals surface area contributed by atoms with Gasteiger partial charge in [-0.3, -0.25) is 4.79 Å². The van der Waals surface area contributed by atoms with Gasteiger partial charge in [0.05, 0.1) is 16.1 Å². The van der Waals surface area contributed by atoms with Gasteiger partial charge < -0.3 is 10.1 Å².